The van der Waals surface area contributed by atoms with E-state index >= 15 is 0 Å². The summed E-state index contributed by atoms with van der Waals surface area (Å²) in [5.41, 5.74) is 5.27. The van der Waals surface area contributed by atoms with E-state index in [0.29, 0.717) is 12.4 Å². The van der Waals surface area contributed by atoms with Gasteiger partial charge in [-0.1, -0.05) is 6.07 Å². The lowest BCUT2D eigenvalue weighted by Crippen LogP contribution is -2.64. The van der Waals surface area contributed by atoms with Crippen LogP contribution in [-0.2, 0) is 4.79 Å². The van der Waals surface area contributed by atoms with Gasteiger partial charge >= 0.3 is 6.03 Å². The molecule has 2 unspecified atom stereocenters. The number of aliphatic imine (C=N–C) groups is 1. The van der Waals surface area contributed by atoms with Crippen LogP contribution >= 0.6 is 0 Å². The number of carbonyl (C=O) groups is 2. The van der Waals surface area contributed by atoms with E-state index in [1.165, 1.54) is 9.80 Å². The third-order valence-electron chi connectivity index (χ3n) is 5.90. The minimum atomic E-state index is -0.586. The molecule has 0 bridgehead atoms. The van der Waals surface area contributed by atoms with Crippen LogP contribution in [0, 0.1) is 13.8 Å². The van der Waals surface area contributed by atoms with Crippen LogP contribution in [0.5, 0.6) is 0 Å². The first-order valence-corrected chi connectivity index (χ1v) is 9.88. The second-order valence-electron chi connectivity index (χ2n) is 7.97. The molecule has 0 aliphatic carbocycles. The molecule has 0 radical (unpaired) electrons. The first-order chi connectivity index (χ1) is 13.8. The zero-order chi connectivity index (χ0) is 21.0. The number of carbonyl (C=O) groups excluding carboxylic acids is 2. The molecule has 3 aliphatic rings. The van der Waals surface area contributed by atoms with E-state index < -0.39 is 12.2 Å². The van der Waals surface area contributed by atoms with Gasteiger partial charge in [0.2, 0.25) is 5.96 Å². The summed E-state index contributed by atoms with van der Waals surface area (Å²) in [5, 5.41) is 9.15. The van der Waals surface area contributed by atoms with Gasteiger partial charge in [-0.3, -0.25) is 19.5 Å². The van der Waals surface area contributed by atoms with Crippen LogP contribution in [0.2, 0.25) is 0 Å². The number of benzene rings is 1. The fraction of sp³-hybridized carbons (Fsp3) is 0.476. The number of hydrogen-bond acceptors (Lipinski definition) is 6. The number of aliphatic hydroxyl groups excluding tert-OH is 1. The number of aryl methyl sites for hydroxylation is 2. The number of hydrogen-bond donors (Lipinski definition) is 1. The molecule has 3 heterocycles. The van der Waals surface area contributed by atoms with Crippen molar-refractivity contribution < 1.29 is 14.7 Å². The molecule has 4 rings (SSSR count). The Bertz CT molecular complexity index is 933. The Kier molecular flexibility index (Phi) is 4.61. The molecule has 3 aliphatic heterocycles. The van der Waals surface area contributed by atoms with Crippen LogP contribution in [0.4, 0.5) is 10.5 Å². The summed E-state index contributed by atoms with van der Waals surface area (Å²) in [6.45, 7) is 8.25. The third-order valence-corrected chi connectivity index (χ3v) is 5.90. The van der Waals surface area contributed by atoms with Gasteiger partial charge in [0, 0.05) is 37.3 Å². The van der Waals surface area contributed by atoms with Crippen molar-refractivity contribution in [3.63, 3.8) is 0 Å². The molecule has 3 amide bonds. The Morgan fingerprint density at radius 3 is 2.31 bits per heavy atom. The van der Waals surface area contributed by atoms with Crippen molar-refractivity contribution in [2.75, 3.05) is 25.1 Å². The fourth-order valence-electron chi connectivity index (χ4n) is 4.44. The molecule has 8 heteroatoms. The number of allylic oxidation sites excluding steroid dienone is 2. The van der Waals surface area contributed by atoms with Crippen LogP contribution in [0.1, 0.15) is 31.4 Å². The Labute approximate surface area is 170 Å². The average molecular weight is 397 g/mol. The Hall–Kier alpha value is -2.87. The smallest absolute Gasteiger partial charge is 0.328 e. The topological polar surface area (TPSA) is 79.7 Å². The molecule has 1 aromatic carbocycles. The van der Waals surface area contributed by atoms with Gasteiger partial charge in [-0.2, -0.15) is 0 Å². The molecule has 8 nitrogen and oxygen atoms in total. The summed E-state index contributed by atoms with van der Waals surface area (Å²) in [5.74, 6) is 0.414. The van der Waals surface area contributed by atoms with E-state index in [1.807, 2.05) is 18.7 Å². The molecule has 0 aromatic heterocycles. The highest BCUT2D eigenvalue weighted by atomic mass is 16.3. The quantitative estimate of drug-likeness (QED) is 0.841. The molecule has 1 fully saturated rings. The summed E-state index contributed by atoms with van der Waals surface area (Å²) in [4.78, 5) is 37.6. The number of amides is 3. The Morgan fingerprint density at radius 1 is 1.03 bits per heavy atom. The standard InChI is InChI=1S/C21H27N5O3/c1-12-9-13(2)11-16(10-12)25-14(3)15(4)26-17-18(22-20(25)26)23(5)21(29)24(19(17)28)7-6-8-27/h9-11,17-18,27H,6-8H2,1-5H3. The normalized spacial score (nSPS) is 23.9. The lowest BCUT2D eigenvalue weighted by molar-refractivity contribution is -0.136. The van der Waals surface area contributed by atoms with Crippen molar-refractivity contribution in [1.82, 2.24) is 14.7 Å². The van der Waals surface area contributed by atoms with Crippen LogP contribution in [0.3, 0.4) is 0 Å². The first-order valence-electron chi connectivity index (χ1n) is 9.88. The fourth-order valence-corrected chi connectivity index (χ4v) is 4.44. The maximum atomic E-state index is 13.3. The molecule has 1 saturated heterocycles. The number of anilines is 1. The highest BCUT2D eigenvalue weighted by Crippen LogP contribution is 2.40. The second-order valence-corrected chi connectivity index (χ2v) is 7.97. The van der Waals surface area contributed by atoms with E-state index in [-0.39, 0.29) is 25.1 Å². The lowest BCUT2D eigenvalue weighted by Gasteiger charge is -2.40. The van der Waals surface area contributed by atoms with Gasteiger partial charge in [0.15, 0.2) is 12.2 Å². The zero-order valence-corrected chi connectivity index (χ0v) is 17.5. The van der Waals surface area contributed by atoms with E-state index in [1.54, 1.807) is 7.05 Å². The Balaban J connectivity index is 1.76. The highest BCUT2D eigenvalue weighted by Gasteiger charge is 2.55. The number of guanidine groups is 1. The van der Waals surface area contributed by atoms with E-state index in [2.05, 4.69) is 36.9 Å². The van der Waals surface area contributed by atoms with Gasteiger partial charge in [-0.15, -0.1) is 0 Å². The molecular formula is C21H27N5O3. The van der Waals surface area contributed by atoms with Crippen molar-refractivity contribution in [2.45, 2.75) is 46.3 Å². The number of imide groups is 1. The zero-order valence-electron chi connectivity index (χ0n) is 17.5. The Morgan fingerprint density at radius 2 is 1.69 bits per heavy atom. The predicted molar refractivity (Wildman–Crippen MR) is 110 cm³/mol. The minimum Gasteiger partial charge on any atom is -0.396 e. The van der Waals surface area contributed by atoms with E-state index in [9.17, 15) is 9.59 Å². The van der Waals surface area contributed by atoms with Gasteiger partial charge < -0.3 is 10.0 Å². The SMILES string of the molecule is CC1=C(C)N2C(=NC3C2C(=O)N(CCCO)C(=O)N3C)N1c1cc(C)cc(C)c1. The van der Waals surface area contributed by atoms with Crippen molar-refractivity contribution in [3.05, 3.63) is 40.7 Å². The van der Waals surface area contributed by atoms with Crippen LogP contribution in [0.25, 0.3) is 0 Å². The number of fused-ring (bicyclic) bond motifs is 3. The van der Waals surface area contributed by atoms with Crippen molar-refractivity contribution >= 4 is 23.6 Å². The molecule has 29 heavy (non-hydrogen) atoms. The second kappa shape index (κ2) is 6.88. The number of rotatable bonds is 4. The van der Waals surface area contributed by atoms with Gasteiger partial charge in [-0.05, 0) is 57.4 Å². The number of urea groups is 1. The van der Waals surface area contributed by atoms with Gasteiger partial charge in [0.1, 0.15) is 0 Å². The molecule has 1 N–H and O–H groups in total. The molecule has 0 spiro atoms. The summed E-state index contributed by atoms with van der Waals surface area (Å²) in [7, 11) is 1.68. The van der Waals surface area contributed by atoms with Gasteiger partial charge in [0.25, 0.3) is 5.91 Å². The summed E-state index contributed by atoms with van der Waals surface area (Å²) < 4.78 is 0. The maximum absolute atomic E-state index is 13.3. The molecule has 2 atom stereocenters. The van der Waals surface area contributed by atoms with Crippen molar-refractivity contribution in [3.8, 4) is 0 Å². The average Bonchev–Trinajstić information content (AvgIpc) is 3.15. The van der Waals surface area contributed by atoms with Gasteiger partial charge in [0.05, 0.1) is 0 Å². The highest BCUT2D eigenvalue weighted by molar-refractivity contribution is 6.10. The predicted octanol–water partition coefficient (Wildman–Crippen LogP) is 2.02. The summed E-state index contributed by atoms with van der Waals surface area (Å²) in [6, 6.07) is 5.36. The third kappa shape index (κ3) is 2.81. The number of nitrogens with zero attached hydrogens (tertiary/aromatic N) is 5. The van der Waals surface area contributed by atoms with Crippen LogP contribution in [-0.4, -0.2) is 70.1 Å². The molecule has 1 aromatic rings. The van der Waals surface area contributed by atoms with Crippen LogP contribution < -0.4 is 4.90 Å². The molecule has 154 valence electrons. The monoisotopic (exact) mass is 397 g/mol. The van der Waals surface area contributed by atoms with Crippen molar-refractivity contribution in [1.29, 1.82) is 0 Å². The minimum absolute atomic E-state index is 0.0706. The largest absolute Gasteiger partial charge is 0.396 e. The number of likely N-dealkylation sites (N-methyl/N-ethyl adjacent to an activating group) is 1. The van der Waals surface area contributed by atoms with Gasteiger partial charge in [-0.25, -0.2) is 9.79 Å². The maximum Gasteiger partial charge on any atom is 0.328 e. The molecular weight excluding hydrogens is 370 g/mol. The summed E-state index contributed by atoms with van der Waals surface area (Å²) in [6.07, 6.45) is -0.203. The molecule has 0 saturated carbocycles. The van der Waals surface area contributed by atoms with Crippen molar-refractivity contribution in [2.24, 2.45) is 4.99 Å². The lowest BCUT2D eigenvalue weighted by atomic mass is 10.1. The number of aliphatic hydroxyl groups is 1. The van der Waals surface area contributed by atoms with E-state index in [0.717, 1.165) is 28.2 Å². The summed E-state index contributed by atoms with van der Waals surface area (Å²) >= 11 is 0. The van der Waals surface area contributed by atoms with Crippen LogP contribution in [0.15, 0.2) is 34.6 Å². The first kappa shape index (κ1) is 19.4. The van der Waals surface area contributed by atoms with E-state index in [4.69, 9.17) is 10.1 Å².